The molecule has 0 saturated heterocycles. The lowest BCUT2D eigenvalue weighted by Gasteiger charge is -2.34. The van der Waals surface area contributed by atoms with Gasteiger partial charge in [-0.15, -0.1) is 0 Å². The molecule has 1 aromatic heterocycles. The van der Waals surface area contributed by atoms with Crippen molar-refractivity contribution < 1.29 is 14.4 Å². The number of carbonyl (C=O) groups excluding carboxylic acids is 3. The first kappa shape index (κ1) is 20.7. The van der Waals surface area contributed by atoms with Crippen molar-refractivity contribution in [3.63, 3.8) is 0 Å². The highest BCUT2D eigenvalue weighted by atomic mass is 16.2. The van der Waals surface area contributed by atoms with E-state index in [9.17, 15) is 14.4 Å². The van der Waals surface area contributed by atoms with Crippen molar-refractivity contribution in [2.24, 2.45) is 5.92 Å². The lowest BCUT2D eigenvalue weighted by atomic mass is 9.93. The summed E-state index contributed by atoms with van der Waals surface area (Å²) >= 11 is 0. The van der Waals surface area contributed by atoms with Crippen molar-refractivity contribution in [2.75, 3.05) is 0 Å². The smallest absolute Gasteiger partial charge is 0.261 e. The van der Waals surface area contributed by atoms with Gasteiger partial charge in [-0.2, -0.15) is 0 Å². The van der Waals surface area contributed by atoms with Crippen LogP contribution < -0.4 is 10.9 Å². The fourth-order valence-corrected chi connectivity index (χ4v) is 4.58. The number of benzene rings is 2. The zero-order valence-corrected chi connectivity index (χ0v) is 17.8. The zero-order chi connectivity index (χ0) is 22.1. The first-order chi connectivity index (χ1) is 14.9. The zero-order valence-electron chi connectivity index (χ0n) is 17.8. The molecule has 1 aliphatic rings. The summed E-state index contributed by atoms with van der Waals surface area (Å²) in [5.41, 5.74) is 9.05. The van der Waals surface area contributed by atoms with Crippen LogP contribution in [0.2, 0.25) is 0 Å². The standard InChI is InChI=1S/C24H26N4O3/c1-14(2)12-20(23(30)27-25-13-29)28-22(16-8-4-5-9-17(16)24(28)31)21-15(3)26-19-11-7-6-10-18(19)21/h4-11,13-14,20,22,26H,12H2,1-3H3,(H,25,29)(H,27,30). The number of rotatable bonds is 7. The number of H-pyrrole nitrogens is 1. The number of para-hydroxylation sites is 1. The maximum atomic E-state index is 13.6. The first-order valence-electron chi connectivity index (χ1n) is 10.4. The number of fused-ring (bicyclic) bond motifs is 2. The Bertz CT molecular complexity index is 1150. The number of carbonyl (C=O) groups is 3. The van der Waals surface area contributed by atoms with E-state index in [1.807, 2.05) is 69.3 Å². The van der Waals surface area contributed by atoms with Crippen LogP contribution in [0.3, 0.4) is 0 Å². The number of nitrogens with zero attached hydrogens (tertiary/aromatic N) is 1. The second kappa shape index (κ2) is 8.26. The van der Waals surface area contributed by atoms with Gasteiger partial charge in [-0.05, 0) is 37.0 Å². The van der Waals surface area contributed by atoms with Gasteiger partial charge in [0.1, 0.15) is 6.04 Å². The Morgan fingerprint density at radius 2 is 1.87 bits per heavy atom. The van der Waals surface area contributed by atoms with Crippen LogP contribution in [0.1, 0.15) is 53.5 Å². The van der Waals surface area contributed by atoms with Crippen LogP contribution in [-0.4, -0.2) is 34.2 Å². The fraction of sp³-hybridized carbons (Fsp3) is 0.292. The number of aromatic nitrogens is 1. The minimum Gasteiger partial charge on any atom is -0.358 e. The monoisotopic (exact) mass is 418 g/mol. The predicted molar refractivity (Wildman–Crippen MR) is 118 cm³/mol. The lowest BCUT2D eigenvalue weighted by Crippen LogP contribution is -2.52. The molecular formula is C24H26N4O3. The van der Waals surface area contributed by atoms with Gasteiger partial charge in [0, 0.05) is 27.7 Å². The number of hydrogen-bond acceptors (Lipinski definition) is 3. The Morgan fingerprint density at radius 3 is 2.61 bits per heavy atom. The van der Waals surface area contributed by atoms with Crippen molar-refractivity contribution >= 4 is 29.1 Å². The molecule has 31 heavy (non-hydrogen) atoms. The molecule has 0 saturated carbocycles. The highest BCUT2D eigenvalue weighted by Crippen LogP contribution is 2.44. The summed E-state index contributed by atoms with van der Waals surface area (Å²) in [4.78, 5) is 42.5. The summed E-state index contributed by atoms with van der Waals surface area (Å²) in [5.74, 6) is -0.435. The second-order valence-electron chi connectivity index (χ2n) is 8.31. The van der Waals surface area contributed by atoms with Gasteiger partial charge < -0.3 is 9.88 Å². The summed E-state index contributed by atoms with van der Waals surface area (Å²) in [7, 11) is 0. The van der Waals surface area contributed by atoms with Crippen LogP contribution in [0.15, 0.2) is 48.5 Å². The molecule has 3 amide bonds. The fourth-order valence-electron chi connectivity index (χ4n) is 4.58. The maximum absolute atomic E-state index is 13.6. The van der Waals surface area contributed by atoms with Gasteiger partial charge in [0.2, 0.25) is 6.41 Å². The number of hydrazine groups is 1. The normalized spacial score (nSPS) is 16.5. The molecule has 2 heterocycles. The van der Waals surface area contributed by atoms with E-state index in [-0.39, 0.29) is 11.8 Å². The van der Waals surface area contributed by atoms with Gasteiger partial charge in [-0.1, -0.05) is 50.2 Å². The molecule has 0 aliphatic carbocycles. The van der Waals surface area contributed by atoms with Crippen molar-refractivity contribution in [1.29, 1.82) is 0 Å². The lowest BCUT2D eigenvalue weighted by molar-refractivity contribution is -0.129. The molecule has 0 fully saturated rings. The van der Waals surface area contributed by atoms with Gasteiger partial charge in [0.15, 0.2) is 0 Å². The van der Waals surface area contributed by atoms with E-state index >= 15 is 0 Å². The van der Waals surface area contributed by atoms with Gasteiger partial charge in [-0.3, -0.25) is 25.2 Å². The molecule has 2 aromatic carbocycles. The molecule has 0 radical (unpaired) electrons. The molecule has 160 valence electrons. The summed E-state index contributed by atoms with van der Waals surface area (Å²) in [5, 5.41) is 1.02. The molecule has 0 spiro atoms. The van der Waals surface area contributed by atoms with Crippen LogP contribution in [-0.2, 0) is 9.59 Å². The van der Waals surface area contributed by atoms with E-state index in [0.29, 0.717) is 18.4 Å². The Balaban J connectivity index is 1.90. The number of nitrogens with one attached hydrogen (secondary N) is 3. The predicted octanol–water partition coefficient (Wildman–Crippen LogP) is 3.21. The largest absolute Gasteiger partial charge is 0.358 e. The van der Waals surface area contributed by atoms with E-state index in [1.54, 1.807) is 4.90 Å². The van der Waals surface area contributed by atoms with Crippen molar-refractivity contribution in [3.8, 4) is 0 Å². The molecule has 3 N–H and O–H groups in total. The third kappa shape index (κ3) is 3.56. The molecule has 0 bridgehead atoms. The van der Waals surface area contributed by atoms with Crippen molar-refractivity contribution in [1.82, 2.24) is 20.7 Å². The van der Waals surface area contributed by atoms with Crippen LogP contribution in [0.4, 0.5) is 0 Å². The molecule has 7 nitrogen and oxygen atoms in total. The van der Waals surface area contributed by atoms with E-state index in [4.69, 9.17) is 0 Å². The molecule has 2 atom stereocenters. The summed E-state index contributed by atoms with van der Waals surface area (Å²) < 4.78 is 0. The summed E-state index contributed by atoms with van der Waals surface area (Å²) in [6.45, 7) is 6.00. The van der Waals surface area contributed by atoms with Gasteiger partial charge >= 0.3 is 0 Å². The Labute approximate surface area is 180 Å². The average Bonchev–Trinajstić information content (AvgIpc) is 3.23. The minimum atomic E-state index is -0.745. The van der Waals surface area contributed by atoms with E-state index in [1.165, 1.54) is 0 Å². The average molecular weight is 418 g/mol. The highest BCUT2D eigenvalue weighted by molar-refractivity contribution is 6.03. The number of amides is 3. The Morgan fingerprint density at radius 1 is 1.16 bits per heavy atom. The molecule has 7 heteroatoms. The third-order valence-corrected chi connectivity index (χ3v) is 5.80. The maximum Gasteiger partial charge on any atom is 0.261 e. The molecule has 4 rings (SSSR count). The Hall–Kier alpha value is -3.61. The summed E-state index contributed by atoms with van der Waals surface area (Å²) in [6, 6.07) is 14.3. The number of aryl methyl sites for hydroxylation is 1. The third-order valence-electron chi connectivity index (χ3n) is 5.80. The van der Waals surface area contributed by atoms with E-state index in [0.717, 1.165) is 27.7 Å². The van der Waals surface area contributed by atoms with Crippen LogP contribution >= 0.6 is 0 Å². The quantitative estimate of drug-likeness (QED) is 0.406. The summed E-state index contributed by atoms with van der Waals surface area (Å²) in [6.07, 6.45) is 0.871. The number of hydrogen-bond donors (Lipinski definition) is 3. The number of aromatic amines is 1. The van der Waals surface area contributed by atoms with Crippen molar-refractivity contribution in [3.05, 3.63) is 70.9 Å². The van der Waals surface area contributed by atoms with Crippen LogP contribution in [0.25, 0.3) is 10.9 Å². The highest BCUT2D eigenvalue weighted by Gasteiger charge is 2.45. The van der Waals surface area contributed by atoms with Gasteiger partial charge in [0.25, 0.3) is 11.8 Å². The molecular weight excluding hydrogens is 392 g/mol. The SMILES string of the molecule is Cc1[nH]c2ccccc2c1C1c2ccccc2C(=O)N1C(CC(C)C)C(=O)NNC=O. The molecule has 3 aromatic rings. The van der Waals surface area contributed by atoms with Crippen LogP contribution in [0, 0.1) is 12.8 Å². The minimum absolute atomic E-state index is 0.160. The topological polar surface area (TPSA) is 94.3 Å². The van der Waals surface area contributed by atoms with Gasteiger partial charge in [0.05, 0.1) is 6.04 Å². The van der Waals surface area contributed by atoms with E-state index in [2.05, 4.69) is 15.8 Å². The first-order valence-corrected chi connectivity index (χ1v) is 10.4. The van der Waals surface area contributed by atoms with Crippen molar-refractivity contribution in [2.45, 2.75) is 39.3 Å². The Kier molecular flexibility index (Phi) is 5.50. The van der Waals surface area contributed by atoms with E-state index < -0.39 is 18.0 Å². The molecule has 1 aliphatic heterocycles. The van der Waals surface area contributed by atoms with Gasteiger partial charge in [-0.25, -0.2) is 0 Å². The second-order valence-corrected chi connectivity index (χ2v) is 8.31. The molecule has 2 unspecified atom stereocenters. The van der Waals surface area contributed by atoms with Crippen LogP contribution in [0.5, 0.6) is 0 Å².